The number of esters is 1. The topological polar surface area (TPSA) is 86.7 Å². The number of ether oxygens (including phenoxy) is 5. The van der Waals surface area contributed by atoms with Gasteiger partial charge in [-0.3, -0.25) is 0 Å². The van der Waals surface area contributed by atoms with E-state index in [1.165, 1.54) is 6.42 Å². The van der Waals surface area contributed by atoms with Crippen molar-refractivity contribution in [2.75, 3.05) is 32.5 Å². The average molecular weight is 480 g/mol. The summed E-state index contributed by atoms with van der Waals surface area (Å²) in [6.45, 7) is 0.195. The summed E-state index contributed by atoms with van der Waals surface area (Å²) in [4.78, 5) is 15.5. The Morgan fingerprint density at radius 2 is 1.77 bits per heavy atom. The van der Waals surface area contributed by atoms with E-state index in [2.05, 4.69) is 4.90 Å². The van der Waals surface area contributed by atoms with E-state index < -0.39 is 5.92 Å². The van der Waals surface area contributed by atoms with Crippen LogP contribution >= 0.6 is 0 Å². The molecule has 3 aliphatic heterocycles. The van der Waals surface area contributed by atoms with Crippen LogP contribution in [-0.2, 0) is 16.1 Å². The van der Waals surface area contributed by atoms with Gasteiger partial charge in [0.15, 0.2) is 23.0 Å². The number of carbonyl (C=O) groups is 1. The number of aliphatic hydroxyl groups is 1. The van der Waals surface area contributed by atoms with Gasteiger partial charge in [0.05, 0.1) is 32.1 Å². The van der Waals surface area contributed by atoms with Crippen LogP contribution in [0.25, 0.3) is 0 Å². The minimum atomic E-state index is -0.408. The highest BCUT2D eigenvalue weighted by Crippen LogP contribution is 2.53. The second-order valence-corrected chi connectivity index (χ2v) is 9.37. The van der Waals surface area contributed by atoms with Crippen LogP contribution in [0, 0.1) is 0 Å². The third-order valence-corrected chi connectivity index (χ3v) is 7.56. The molecule has 0 amide bonds. The molecule has 35 heavy (non-hydrogen) atoms. The Hall–Kier alpha value is -3.39. The van der Waals surface area contributed by atoms with Crippen molar-refractivity contribution in [2.24, 2.45) is 0 Å². The smallest absolute Gasteiger partial charge is 0.337 e. The van der Waals surface area contributed by atoms with E-state index in [0.717, 1.165) is 48.2 Å². The Bertz CT molecular complexity index is 1190. The highest BCUT2D eigenvalue weighted by Gasteiger charge is 2.45. The largest absolute Gasteiger partial charge is 0.493 e. The van der Waals surface area contributed by atoms with Crippen molar-refractivity contribution in [3.8, 4) is 23.0 Å². The van der Waals surface area contributed by atoms with Crippen LogP contribution in [0.2, 0.25) is 0 Å². The molecule has 0 radical (unpaired) electrons. The Labute approximate surface area is 204 Å². The van der Waals surface area contributed by atoms with Crippen LogP contribution in [0.4, 0.5) is 5.69 Å². The first-order chi connectivity index (χ1) is 17.1. The van der Waals surface area contributed by atoms with Gasteiger partial charge in [0.2, 0.25) is 6.79 Å². The highest BCUT2D eigenvalue weighted by atomic mass is 16.7. The molecule has 2 aromatic carbocycles. The summed E-state index contributed by atoms with van der Waals surface area (Å²) in [5, 5.41) is 10.1. The standard InChI is InChI=1S/C27H29NO7/c1-31-23-9-15(8-16(12-29)26(23)32-2)24-18-10-21-22(35-14-34-21)11-19(18)28(17-6-4-3-5-7-17)20-13-33-27(30)25(20)24/h8-11,17,24,29H,3-7,12-14H2,1-2H3. The van der Waals surface area contributed by atoms with Crippen molar-refractivity contribution >= 4 is 11.7 Å². The van der Waals surface area contributed by atoms with Crippen molar-refractivity contribution < 1.29 is 33.6 Å². The average Bonchev–Trinajstić information content (AvgIpc) is 3.51. The Morgan fingerprint density at radius 3 is 2.49 bits per heavy atom. The van der Waals surface area contributed by atoms with E-state index in [1.807, 2.05) is 24.3 Å². The van der Waals surface area contributed by atoms with Gasteiger partial charge in [-0.2, -0.15) is 0 Å². The van der Waals surface area contributed by atoms with Crippen molar-refractivity contribution in [3.05, 3.63) is 52.2 Å². The number of benzene rings is 2. The summed E-state index contributed by atoms with van der Waals surface area (Å²) in [6, 6.07) is 8.08. The third-order valence-electron chi connectivity index (χ3n) is 7.56. The molecule has 0 spiro atoms. The second-order valence-electron chi connectivity index (χ2n) is 9.37. The lowest BCUT2D eigenvalue weighted by Crippen LogP contribution is -2.40. The van der Waals surface area contributed by atoms with E-state index in [4.69, 9.17) is 23.7 Å². The van der Waals surface area contributed by atoms with Crippen molar-refractivity contribution in [1.29, 1.82) is 0 Å². The molecule has 0 saturated heterocycles. The zero-order valence-electron chi connectivity index (χ0n) is 20.0. The molecule has 1 aliphatic carbocycles. The first-order valence-corrected chi connectivity index (χ1v) is 12.1. The maximum Gasteiger partial charge on any atom is 0.337 e. The van der Waals surface area contributed by atoms with E-state index in [-0.39, 0.29) is 26.0 Å². The lowest BCUT2D eigenvalue weighted by atomic mass is 9.78. The molecule has 184 valence electrons. The van der Waals surface area contributed by atoms with Crippen LogP contribution < -0.4 is 23.8 Å². The van der Waals surface area contributed by atoms with Gasteiger partial charge in [0, 0.05) is 29.3 Å². The van der Waals surface area contributed by atoms with Gasteiger partial charge < -0.3 is 33.7 Å². The predicted octanol–water partition coefficient (Wildman–Crippen LogP) is 4.02. The van der Waals surface area contributed by atoms with Gasteiger partial charge in [-0.15, -0.1) is 0 Å². The first-order valence-electron chi connectivity index (χ1n) is 12.1. The SMILES string of the molecule is COc1cc(C2C3=C(COC3=O)N(C3CCCCC3)c3cc4c(cc32)OCO4)cc(CO)c1OC. The Morgan fingerprint density at radius 1 is 1.00 bits per heavy atom. The minimum Gasteiger partial charge on any atom is -0.493 e. The normalized spacial score (nSPS) is 21.1. The molecule has 3 heterocycles. The monoisotopic (exact) mass is 479 g/mol. The molecular weight excluding hydrogens is 450 g/mol. The second kappa shape index (κ2) is 8.68. The number of nitrogens with zero attached hydrogens (tertiary/aromatic N) is 1. The van der Waals surface area contributed by atoms with Crippen LogP contribution in [0.5, 0.6) is 23.0 Å². The molecule has 8 nitrogen and oxygen atoms in total. The van der Waals surface area contributed by atoms with Crippen molar-refractivity contribution in [3.63, 3.8) is 0 Å². The molecule has 6 rings (SSSR count). The number of fused-ring (bicyclic) bond motifs is 2. The summed E-state index contributed by atoms with van der Waals surface area (Å²) in [5.41, 5.74) is 4.93. The number of hydrogen-bond donors (Lipinski definition) is 1. The van der Waals surface area contributed by atoms with E-state index in [9.17, 15) is 9.90 Å². The fourth-order valence-electron chi connectivity index (χ4n) is 6.03. The summed E-state index contributed by atoms with van der Waals surface area (Å²) in [6.07, 6.45) is 5.69. The zero-order chi connectivity index (χ0) is 24.1. The summed E-state index contributed by atoms with van der Waals surface area (Å²) < 4.78 is 28.2. The molecule has 4 aliphatic rings. The van der Waals surface area contributed by atoms with E-state index in [1.54, 1.807) is 14.2 Å². The number of carbonyl (C=O) groups excluding carboxylic acids is 1. The summed E-state index contributed by atoms with van der Waals surface area (Å²) in [7, 11) is 3.11. The van der Waals surface area contributed by atoms with E-state index in [0.29, 0.717) is 40.2 Å². The Kier molecular flexibility index (Phi) is 5.48. The summed E-state index contributed by atoms with van der Waals surface area (Å²) in [5.74, 6) is 1.63. The minimum absolute atomic E-state index is 0.173. The quantitative estimate of drug-likeness (QED) is 0.644. The number of aliphatic hydroxyl groups excluding tert-OH is 1. The van der Waals surface area contributed by atoms with Crippen molar-refractivity contribution in [1.82, 2.24) is 0 Å². The molecule has 1 unspecified atom stereocenters. The highest BCUT2D eigenvalue weighted by molar-refractivity contribution is 5.98. The molecule has 1 atom stereocenters. The molecule has 0 bridgehead atoms. The lowest BCUT2D eigenvalue weighted by molar-refractivity contribution is -0.136. The molecule has 1 fully saturated rings. The van der Waals surface area contributed by atoms with Crippen LogP contribution in [-0.4, -0.2) is 44.7 Å². The third kappa shape index (κ3) is 3.42. The zero-order valence-corrected chi connectivity index (χ0v) is 20.0. The number of rotatable bonds is 5. The lowest BCUT2D eigenvalue weighted by Gasteiger charge is -2.42. The predicted molar refractivity (Wildman–Crippen MR) is 127 cm³/mol. The van der Waals surface area contributed by atoms with Crippen LogP contribution in [0.15, 0.2) is 35.5 Å². The van der Waals surface area contributed by atoms with Crippen LogP contribution in [0.3, 0.4) is 0 Å². The molecule has 0 aromatic heterocycles. The van der Waals surface area contributed by atoms with Gasteiger partial charge in [0.25, 0.3) is 0 Å². The summed E-state index contributed by atoms with van der Waals surface area (Å²) >= 11 is 0. The molecule has 8 heteroatoms. The fourth-order valence-corrected chi connectivity index (χ4v) is 6.03. The molecule has 2 aromatic rings. The van der Waals surface area contributed by atoms with Gasteiger partial charge >= 0.3 is 5.97 Å². The Balaban J connectivity index is 1.59. The van der Waals surface area contributed by atoms with Gasteiger partial charge in [-0.1, -0.05) is 19.3 Å². The maximum atomic E-state index is 13.2. The first kappa shape index (κ1) is 22.1. The van der Waals surface area contributed by atoms with E-state index >= 15 is 0 Å². The van der Waals surface area contributed by atoms with Crippen LogP contribution in [0.1, 0.15) is 54.7 Å². The van der Waals surface area contributed by atoms with Gasteiger partial charge in [0.1, 0.15) is 6.61 Å². The number of methoxy groups -OCH3 is 2. The number of cyclic esters (lactones) is 1. The molecular formula is C27H29NO7. The number of anilines is 1. The van der Waals surface area contributed by atoms with Gasteiger partial charge in [-0.25, -0.2) is 4.79 Å². The molecule has 1 N–H and O–H groups in total. The van der Waals surface area contributed by atoms with Gasteiger partial charge in [-0.05, 0) is 42.2 Å². The maximum absolute atomic E-state index is 13.2. The fraction of sp³-hybridized carbons (Fsp3) is 0.444. The number of hydrogen-bond acceptors (Lipinski definition) is 8. The van der Waals surface area contributed by atoms with Crippen molar-refractivity contribution in [2.45, 2.75) is 50.7 Å². The molecule has 1 saturated carbocycles.